The smallest absolute Gasteiger partial charge is 0.275 e. The van der Waals surface area contributed by atoms with Gasteiger partial charge in [-0.05, 0) is 54.6 Å². The minimum atomic E-state index is -0.657. The summed E-state index contributed by atoms with van der Waals surface area (Å²) < 4.78 is 13.3. The van der Waals surface area contributed by atoms with Crippen LogP contribution in [-0.2, 0) is 22.5 Å². The number of carbonyl (C=O) groups is 1. The Balaban J connectivity index is 1.21. The second-order valence-electron chi connectivity index (χ2n) is 11.5. The van der Waals surface area contributed by atoms with Crippen molar-refractivity contribution in [1.29, 1.82) is 0 Å². The number of nitrogens with one attached hydrogen (secondary N) is 1. The number of nitrogens with zero attached hydrogens (tertiary/aromatic N) is 4. The molecule has 45 heavy (non-hydrogen) atoms. The number of benzene rings is 3. The maximum Gasteiger partial charge on any atom is 0.275 e. The third-order valence-electron chi connectivity index (χ3n) is 8.19. The fourth-order valence-electron chi connectivity index (χ4n) is 5.60. The van der Waals surface area contributed by atoms with Crippen molar-refractivity contribution >= 4 is 22.6 Å². The Morgan fingerprint density at radius 2 is 1.71 bits per heavy atom. The van der Waals surface area contributed by atoms with Crippen molar-refractivity contribution < 1.29 is 19.4 Å². The molecule has 1 fully saturated rings. The molecule has 4 atom stereocenters. The van der Waals surface area contributed by atoms with Gasteiger partial charge in [0.25, 0.3) is 5.91 Å². The first kappa shape index (κ1) is 30.5. The average molecular weight is 604 g/mol. The molecule has 2 aromatic heterocycles. The predicted octanol–water partition coefficient (Wildman–Crippen LogP) is 5.74. The highest BCUT2D eigenvalue weighted by Gasteiger charge is 2.39. The van der Waals surface area contributed by atoms with Crippen molar-refractivity contribution in [2.75, 3.05) is 25.5 Å². The van der Waals surface area contributed by atoms with Crippen LogP contribution in [0.1, 0.15) is 52.2 Å². The standard InChI is InChI=1S/C36H37N5O4/c1-24-33(22-41(2)19-17-28-9-5-6-18-37-28)44-36(45-34(24)26-15-13-25(23-42)14-16-26)27-8-7-10-29(20-27)39-35(43)32-21-38-30-11-3-4-12-31(30)40-32/h3-16,18,20-21,24,33-34,36,42H,17,19,22-23H2,1-2H3,(H,39,43)/t24-,33+,34+,36+/m1/s1. The number of aliphatic hydroxyl groups is 1. The lowest BCUT2D eigenvalue weighted by Gasteiger charge is -2.42. The summed E-state index contributed by atoms with van der Waals surface area (Å²) in [6, 6.07) is 28.8. The van der Waals surface area contributed by atoms with Crippen LogP contribution in [0.2, 0.25) is 0 Å². The summed E-state index contributed by atoms with van der Waals surface area (Å²) in [5.41, 5.74) is 5.94. The van der Waals surface area contributed by atoms with Crippen molar-refractivity contribution in [1.82, 2.24) is 19.9 Å². The van der Waals surface area contributed by atoms with E-state index in [4.69, 9.17) is 9.47 Å². The number of rotatable bonds is 10. The summed E-state index contributed by atoms with van der Waals surface area (Å²) in [5, 5.41) is 12.5. The normalized spacial score (nSPS) is 19.9. The molecule has 1 amide bonds. The highest BCUT2D eigenvalue weighted by molar-refractivity contribution is 6.03. The van der Waals surface area contributed by atoms with Gasteiger partial charge in [0.2, 0.25) is 0 Å². The first-order valence-corrected chi connectivity index (χ1v) is 15.2. The number of aromatic nitrogens is 3. The highest BCUT2D eigenvalue weighted by Crippen LogP contribution is 2.42. The van der Waals surface area contributed by atoms with Crippen LogP contribution in [0.5, 0.6) is 0 Å². The van der Waals surface area contributed by atoms with E-state index >= 15 is 0 Å². The first-order valence-electron chi connectivity index (χ1n) is 15.2. The number of ether oxygens (including phenoxy) is 2. The Morgan fingerprint density at radius 3 is 2.49 bits per heavy atom. The number of aliphatic hydroxyl groups excluding tert-OH is 1. The van der Waals surface area contributed by atoms with E-state index in [9.17, 15) is 9.90 Å². The van der Waals surface area contributed by atoms with Gasteiger partial charge in [-0.2, -0.15) is 0 Å². The molecule has 0 unspecified atom stereocenters. The fourth-order valence-corrected chi connectivity index (χ4v) is 5.60. The number of likely N-dealkylation sites (N-methyl/N-ethyl adjacent to an activating group) is 1. The molecule has 1 saturated heterocycles. The molecule has 230 valence electrons. The molecule has 1 aliphatic rings. The quantitative estimate of drug-likeness (QED) is 0.208. The second-order valence-corrected chi connectivity index (χ2v) is 11.5. The zero-order chi connectivity index (χ0) is 31.2. The summed E-state index contributed by atoms with van der Waals surface area (Å²) in [6.07, 6.45) is 3.12. The van der Waals surface area contributed by atoms with Crippen LogP contribution in [0.15, 0.2) is 103 Å². The van der Waals surface area contributed by atoms with Crippen molar-refractivity contribution in [3.8, 4) is 0 Å². The van der Waals surface area contributed by atoms with E-state index in [2.05, 4.69) is 39.1 Å². The predicted molar refractivity (Wildman–Crippen MR) is 172 cm³/mol. The van der Waals surface area contributed by atoms with Crippen LogP contribution in [0.25, 0.3) is 11.0 Å². The lowest BCUT2D eigenvalue weighted by atomic mass is 9.90. The van der Waals surface area contributed by atoms with Crippen molar-refractivity contribution in [2.24, 2.45) is 5.92 Å². The molecule has 9 nitrogen and oxygen atoms in total. The SMILES string of the molecule is C[C@@H]1[C@H](CN(C)CCc2ccccn2)O[C@H](c2cccc(NC(=O)c3cnc4ccccc4n3)c2)O[C@@H]1c1ccc(CO)cc1. The number of hydrogen-bond acceptors (Lipinski definition) is 8. The number of para-hydroxylation sites is 2. The summed E-state index contributed by atoms with van der Waals surface area (Å²) in [5.74, 6) is -0.299. The molecule has 5 aromatic rings. The van der Waals surface area contributed by atoms with Crippen LogP contribution in [0.4, 0.5) is 5.69 Å². The third-order valence-corrected chi connectivity index (χ3v) is 8.19. The Labute approximate surface area is 262 Å². The lowest BCUT2D eigenvalue weighted by Crippen LogP contribution is -2.44. The van der Waals surface area contributed by atoms with E-state index in [1.807, 2.05) is 97.2 Å². The molecule has 0 aliphatic carbocycles. The Kier molecular flexibility index (Phi) is 9.52. The molecule has 3 heterocycles. The number of hydrogen-bond donors (Lipinski definition) is 2. The molecular weight excluding hydrogens is 566 g/mol. The molecule has 6 rings (SSSR count). The van der Waals surface area contributed by atoms with Gasteiger partial charge in [-0.1, -0.05) is 61.5 Å². The number of fused-ring (bicyclic) bond motifs is 1. The summed E-state index contributed by atoms with van der Waals surface area (Å²) in [7, 11) is 2.10. The molecule has 0 saturated carbocycles. The van der Waals surface area contributed by atoms with Gasteiger partial charge in [0.05, 0.1) is 36.0 Å². The van der Waals surface area contributed by atoms with Gasteiger partial charge in [0.15, 0.2) is 6.29 Å². The molecular formula is C36H37N5O4. The summed E-state index contributed by atoms with van der Waals surface area (Å²) >= 11 is 0. The van der Waals surface area contributed by atoms with Gasteiger partial charge in [0.1, 0.15) is 5.69 Å². The van der Waals surface area contributed by atoms with Gasteiger partial charge in [-0.15, -0.1) is 0 Å². The van der Waals surface area contributed by atoms with Gasteiger partial charge in [-0.25, -0.2) is 4.98 Å². The van der Waals surface area contributed by atoms with Gasteiger partial charge in [0, 0.05) is 48.6 Å². The summed E-state index contributed by atoms with van der Waals surface area (Å²) in [4.78, 5) is 28.7. The molecule has 9 heteroatoms. The minimum absolute atomic E-state index is 0.0138. The molecule has 2 N–H and O–H groups in total. The van der Waals surface area contributed by atoms with Crippen LogP contribution in [0.3, 0.4) is 0 Å². The van der Waals surface area contributed by atoms with Gasteiger partial charge >= 0.3 is 0 Å². The number of anilines is 1. The monoisotopic (exact) mass is 603 g/mol. The van der Waals surface area contributed by atoms with Crippen LogP contribution in [-0.4, -0.2) is 57.1 Å². The highest BCUT2D eigenvalue weighted by atomic mass is 16.7. The zero-order valence-electron chi connectivity index (χ0n) is 25.4. The Bertz CT molecular complexity index is 1730. The molecule has 0 spiro atoms. The van der Waals surface area contributed by atoms with E-state index in [1.54, 1.807) is 0 Å². The Hall–Kier alpha value is -4.54. The van der Waals surface area contributed by atoms with Gasteiger partial charge < -0.3 is 24.8 Å². The van der Waals surface area contributed by atoms with Crippen LogP contribution >= 0.6 is 0 Å². The van der Waals surface area contributed by atoms with E-state index in [-0.39, 0.29) is 36.3 Å². The third kappa shape index (κ3) is 7.41. The molecule has 0 bridgehead atoms. The van der Waals surface area contributed by atoms with E-state index in [1.165, 1.54) is 6.20 Å². The lowest BCUT2D eigenvalue weighted by molar-refractivity contribution is -0.275. The zero-order valence-corrected chi connectivity index (χ0v) is 25.4. The molecule has 0 radical (unpaired) electrons. The number of carbonyl (C=O) groups excluding carboxylic acids is 1. The number of amides is 1. The first-order chi connectivity index (χ1) is 22.0. The van der Waals surface area contributed by atoms with E-state index in [0.717, 1.165) is 40.9 Å². The summed E-state index contributed by atoms with van der Waals surface area (Å²) in [6.45, 7) is 3.68. The topological polar surface area (TPSA) is 110 Å². The van der Waals surface area contributed by atoms with Crippen molar-refractivity contribution in [2.45, 2.75) is 38.4 Å². The second kappa shape index (κ2) is 14.0. The van der Waals surface area contributed by atoms with Gasteiger partial charge in [-0.3, -0.25) is 14.8 Å². The van der Waals surface area contributed by atoms with Crippen LogP contribution < -0.4 is 5.32 Å². The van der Waals surface area contributed by atoms with Crippen molar-refractivity contribution in [3.05, 3.63) is 131 Å². The van der Waals surface area contributed by atoms with E-state index < -0.39 is 6.29 Å². The number of pyridine rings is 1. The van der Waals surface area contributed by atoms with Crippen LogP contribution in [0, 0.1) is 5.92 Å². The Morgan fingerprint density at radius 1 is 0.911 bits per heavy atom. The maximum atomic E-state index is 13.1. The molecule has 1 aliphatic heterocycles. The largest absolute Gasteiger partial charge is 0.392 e. The van der Waals surface area contributed by atoms with Crippen molar-refractivity contribution in [3.63, 3.8) is 0 Å². The molecule has 3 aromatic carbocycles. The fraction of sp³-hybridized carbons (Fsp3) is 0.278. The minimum Gasteiger partial charge on any atom is -0.392 e. The maximum absolute atomic E-state index is 13.1. The average Bonchev–Trinajstić information content (AvgIpc) is 3.08. The van der Waals surface area contributed by atoms with E-state index in [0.29, 0.717) is 17.7 Å².